The number of carbonyl (C=O) groups excluding carboxylic acids is 1. The molecule has 2 heterocycles. The number of benzene rings is 2. The summed E-state index contributed by atoms with van der Waals surface area (Å²) in [5, 5.41) is 13.8. The van der Waals surface area contributed by atoms with Gasteiger partial charge >= 0.3 is 0 Å². The Labute approximate surface area is 231 Å². The van der Waals surface area contributed by atoms with Crippen LogP contribution in [0.2, 0.25) is 5.02 Å². The monoisotopic (exact) mass is 547 g/mol. The normalized spacial score (nSPS) is 11.2. The zero-order chi connectivity index (χ0) is 27.4. The molecule has 0 saturated carbocycles. The van der Waals surface area contributed by atoms with Gasteiger partial charge in [-0.15, -0.1) is 0 Å². The number of rotatable bonds is 8. The van der Waals surface area contributed by atoms with Crippen molar-refractivity contribution in [1.29, 1.82) is 5.26 Å². The number of nitriles is 1. The van der Waals surface area contributed by atoms with Crippen molar-refractivity contribution in [3.05, 3.63) is 71.7 Å². The van der Waals surface area contributed by atoms with Crippen LogP contribution < -0.4 is 14.4 Å². The van der Waals surface area contributed by atoms with E-state index in [0.717, 1.165) is 11.4 Å². The van der Waals surface area contributed by atoms with Gasteiger partial charge in [-0.05, 0) is 38.4 Å². The second-order valence-electron chi connectivity index (χ2n) is 8.69. The molecule has 4 aromatic rings. The average molecular weight is 548 g/mol. The fraction of sp³-hybridized carbons (Fsp3) is 0.185. The van der Waals surface area contributed by atoms with Gasteiger partial charge in [0, 0.05) is 55.3 Å². The predicted molar refractivity (Wildman–Crippen MR) is 154 cm³/mol. The topological polar surface area (TPSA) is 99.3 Å². The van der Waals surface area contributed by atoms with Crippen LogP contribution in [0.25, 0.3) is 22.3 Å². The van der Waals surface area contributed by atoms with E-state index >= 15 is 0 Å². The number of halogens is 1. The predicted octanol–water partition coefficient (Wildman–Crippen LogP) is 5.21. The Morgan fingerprint density at radius 3 is 2.71 bits per heavy atom. The molecule has 9 nitrogen and oxygen atoms in total. The van der Waals surface area contributed by atoms with E-state index in [4.69, 9.17) is 29.2 Å². The third kappa shape index (κ3) is 5.60. The number of nitrogens with zero attached hydrogens (tertiary/aromatic N) is 6. The molecule has 1 N–H and O–H groups in total. The van der Waals surface area contributed by atoms with E-state index in [0.29, 0.717) is 50.8 Å². The summed E-state index contributed by atoms with van der Waals surface area (Å²) in [7, 11) is 7.23. The molecule has 0 unspecified atom stereocenters. The fourth-order valence-corrected chi connectivity index (χ4v) is 4.50. The maximum absolute atomic E-state index is 12.6. The number of thiol groups is 1. The number of aryl methyl sites for hydroxylation is 1. The van der Waals surface area contributed by atoms with Crippen LogP contribution in [-0.2, 0) is 11.8 Å². The minimum absolute atomic E-state index is 0.296. The molecule has 0 fully saturated rings. The summed E-state index contributed by atoms with van der Waals surface area (Å²) < 4.78 is 8.95. The van der Waals surface area contributed by atoms with Crippen molar-refractivity contribution in [3.8, 4) is 23.2 Å². The van der Waals surface area contributed by atoms with E-state index in [9.17, 15) is 10.1 Å². The lowest BCUT2D eigenvalue weighted by molar-refractivity contribution is -0.111. The van der Waals surface area contributed by atoms with Crippen molar-refractivity contribution >= 4 is 58.3 Å². The second-order valence-corrected chi connectivity index (χ2v) is 9.50. The van der Waals surface area contributed by atoms with Gasteiger partial charge in [0.2, 0.25) is 5.91 Å². The number of hydrogen-bond donors (Lipinski definition) is 2. The largest absolute Gasteiger partial charge is 0.494 e. The number of nitrogens with one attached hydrogen (secondary N) is 1. The summed E-state index contributed by atoms with van der Waals surface area (Å²) in [6, 6.07) is 11.1. The van der Waals surface area contributed by atoms with Crippen molar-refractivity contribution in [2.75, 3.05) is 37.4 Å². The lowest BCUT2D eigenvalue weighted by Gasteiger charge is -2.22. The highest BCUT2D eigenvalue weighted by atomic mass is 35.5. The zero-order valence-electron chi connectivity index (χ0n) is 21.3. The number of carbonyl (C=O) groups is 1. The van der Waals surface area contributed by atoms with Crippen molar-refractivity contribution in [2.45, 2.75) is 0 Å². The number of aromatic nitrogens is 3. The quantitative estimate of drug-likeness (QED) is 0.231. The average Bonchev–Trinajstić information content (AvgIpc) is 3.32. The molecule has 0 aliphatic heterocycles. The number of hydrogen-bond acceptors (Lipinski definition) is 8. The molecular formula is C27H26ClN7O2S. The molecule has 0 atom stereocenters. The SMILES string of the molecule is COc1cc2ncc(C#N)c(N(S)c3ccc(-c4nccn4C)c(Cl)c3)c2cc1NC(=O)C=CCN(C)C. The summed E-state index contributed by atoms with van der Waals surface area (Å²) in [6.45, 7) is 0.623. The van der Waals surface area contributed by atoms with Crippen molar-refractivity contribution in [2.24, 2.45) is 7.05 Å². The Kier molecular flexibility index (Phi) is 8.22. The van der Waals surface area contributed by atoms with E-state index in [-0.39, 0.29) is 5.91 Å². The van der Waals surface area contributed by atoms with Crippen LogP contribution in [0.15, 0.2) is 61.1 Å². The minimum atomic E-state index is -0.310. The van der Waals surface area contributed by atoms with Crippen LogP contribution >= 0.6 is 24.4 Å². The molecule has 38 heavy (non-hydrogen) atoms. The van der Waals surface area contributed by atoms with Gasteiger partial charge < -0.3 is 19.5 Å². The highest BCUT2D eigenvalue weighted by Crippen LogP contribution is 2.41. The second kappa shape index (κ2) is 11.6. The van der Waals surface area contributed by atoms with Crippen molar-refractivity contribution in [3.63, 3.8) is 0 Å². The lowest BCUT2D eigenvalue weighted by Crippen LogP contribution is -2.13. The number of fused-ring (bicyclic) bond motifs is 1. The van der Waals surface area contributed by atoms with Gasteiger partial charge in [0.1, 0.15) is 17.6 Å². The molecule has 0 aliphatic rings. The molecule has 0 bridgehead atoms. The Bertz CT molecular complexity index is 1580. The number of anilines is 3. The summed E-state index contributed by atoms with van der Waals surface area (Å²) in [5.74, 6) is 0.851. The van der Waals surface area contributed by atoms with Crippen LogP contribution in [0, 0.1) is 11.3 Å². The first kappa shape index (κ1) is 27.0. The Morgan fingerprint density at radius 2 is 2.08 bits per heavy atom. The van der Waals surface area contributed by atoms with Crippen molar-refractivity contribution in [1.82, 2.24) is 19.4 Å². The number of pyridine rings is 1. The van der Waals surface area contributed by atoms with Gasteiger partial charge in [0.15, 0.2) is 0 Å². The van der Waals surface area contributed by atoms with Crippen LogP contribution in [0.3, 0.4) is 0 Å². The minimum Gasteiger partial charge on any atom is -0.494 e. The number of imidazole rings is 1. The van der Waals surface area contributed by atoms with Crippen LogP contribution in [0.4, 0.5) is 17.1 Å². The van der Waals surface area contributed by atoms with Gasteiger partial charge in [-0.3, -0.25) is 14.1 Å². The summed E-state index contributed by atoms with van der Waals surface area (Å²) in [6.07, 6.45) is 8.25. The Hall–Kier alpha value is -4.04. The van der Waals surface area contributed by atoms with E-state index in [1.807, 2.05) is 48.9 Å². The maximum atomic E-state index is 12.6. The molecule has 0 saturated heterocycles. The van der Waals surface area contributed by atoms with Crippen LogP contribution in [-0.4, -0.2) is 53.1 Å². The molecule has 194 valence electrons. The first-order valence-corrected chi connectivity index (χ1v) is 12.3. The summed E-state index contributed by atoms with van der Waals surface area (Å²) >= 11 is 11.4. The number of methoxy groups -OCH3 is 1. The smallest absolute Gasteiger partial charge is 0.248 e. The number of ether oxygens (including phenoxy) is 1. The van der Waals surface area contributed by atoms with Crippen molar-refractivity contribution < 1.29 is 9.53 Å². The van der Waals surface area contributed by atoms with E-state index in [1.54, 1.807) is 34.8 Å². The van der Waals surface area contributed by atoms with E-state index in [2.05, 4.69) is 21.4 Å². The lowest BCUT2D eigenvalue weighted by atomic mass is 10.1. The third-order valence-electron chi connectivity index (χ3n) is 5.75. The maximum Gasteiger partial charge on any atom is 0.248 e. The summed E-state index contributed by atoms with van der Waals surface area (Å²) in [4.78, 5) is 23.3. The van der Waals surface area contributed by atoms with Gasteiger partial charge in [0.05, 0.1) is 40.3 Å². The molecule has 0 aliphatic carbocycles. The molecular weight excluding hydrogens is 522 g/mol. The molecule has 2 aromatic carbocycles. The molecule has 0 spiro atoms. The van der Waals surface area contributed by atoms with Crippen LogP contribution in [0.5, 0.6) is 5.75 Å². The van der Waals surface area contributed by atoms with Gasteiger partial charge in [-0.2, -0.15) is 5.26 Å². The standard InChI is InChI=1S/C27H26ClN7O2S/c1-33(2)10-5-6-25(36)32-23-13-20-22(14-24(23)37-4)31-16-17(15-29)26(20)35(38)18-7-8-19(21(28)12-18)27-30-9-11-34(27)3/h5-9,11-14,16,38H,10H2,1-4H3,(H,32,36). The molecule has 0 radical (unpaired) electrons. The first-order chi connectivity index (χ1) is 18.2. The van der Waals surface area contributed by atoms with E-state index < -0.39 is 0 Å². The molecule has 2 aromatic heterocycles. The fourth-order valence-electron chi connectivity index (χ4n) is 3.90. The first-order valence-electron chi connectivity index (χ1n) is 11.5. The van der Waals surface area contributed by atoms with E-state index in [1.165, 1.54) is 19.4 Å². The highest BCUT2D eigenvalue weighted by molar-refractivity contribution is 7.82. The number of likely N-dealkylation sites (N-methyl/N-ethyl adjacent to an activating group) is 1. The molecule has 1 amide bonds. The number of amides is 1. The Morgan fingerprint density at radius 1 is 1.29 bits per heavy atom. The van der Waals surface area contributed by atoms with Crippen LogP contribution in [0.1, 0.15) is 5.56 Å². The summed E-state index contributed by atoms with van der Waals surface area (Å²) in [5.41, 5.74) is 3.18. The third-order valence-corrected chi connectivity index (χ3v) is 6.49. The van der Waals surface area contributed by atoms with Gasteiger partial charge in [-0.25, -0.2) is 4.98 Å². The van der Waals surface area contributed by atoms with Gasteiger partial charge in [0.25, 0.3) is 0 Å². The molecule has 11 heteroatoms. The highest BCUT2D eigenvalue weighted by Gasteiger charge is 2.20. The zero-order valence-corrected chi connectivity index (χ0v) is 23.0. The Balaban J connectivity index is 1.78. The van der Waals surface area contributed by atoms with Gasteiger partial charge in [-0.1, -0.05) is 30.5 Å². The molecule has 4 rings (SSSR count).